The maximum absolute atomic E-state index is 14.1. The molecule has 1 fully saturated rings. The first-order chi connectivity index (χ1) is 9.59. The highest BCUT2D eigenvalue weighted by atomic mass is 35.5. The van der Waals surface area contributed by atoms with E-state index in [1.165, 1.54) is 18.9 Å². The lowest BCUT2D eigenvalue weighted by Gasteiger charge is -2.08. The summed E-state index contributed by atoms with van der Waals surface area (Å²) >= 11 is 5.84. The predicted molar refractivity (Wildman–Crippen MR) is 79.2 cm³/mol. The molecule has 0 atom stereocenters. The number of anilines is 1. The lowest BCUT2D eigenvalue weighted by molar-refractivity contribution is 0.629. The molecule has 1 aromatic heterocycles. The zero-order valence-corrected chi connectivity index (χ0v) is 12.1. The average Bonchev–Trinajstić information content (AvgIpc) is 3.04. The highest BCUT2D eigenvalue weighted by Crippen LogP contribution is 2.38. The van der Waals surface area contributed by atoms with Crippen molar-refractivity contribution in [2.75, 3.05) is 5.73 Å². The van der Waals surface area contributed by atoms with Gasteiger partial charge in [-0.25, -0.2) is 9.37 Å². The van der Waals surface area contributed by atoms with Crippen LogP contribution in [0, 0.1) is 5.82 Å². The van der Waals surface area contributed by atoms with Crippen molar-refractivity contribution in [1.82, 2.24) is 9.55 Å². The van der Waals surface area contributed by atoms with Crippen molar-refractivity contribution in [1.29, 1.82) is 0 Å². The summed E-state index contributed by atoms with van der Waals surface area (Å²) in [5.41, 5.74) is 6.98. The number of imidazole rings is 1. The van der Waals surface area contributed by atoms with E-state index in [-0.39, 0.29) is 5.02 Å². The van der Waals surface area contributed by atoms with Crippen molar-refractivity contribution >= 4 is 17.4 Å². The quantitative estimate of drug-likeness (QED) is 0.905. The molecule has 0 radical (unpaired) electrons. The lowest BCUT2D eigenvalue weighted by atomic mass is 10.1. The predicted octanol–water partition coefficient (Wildman–Crippen LogP) is 4.12. The molecule has 20 heavy (non-hydrogen) atoms. The summed E-state index contributed by atoms with van der Waals surface area (Å²) < 4.78 is 16.0. The number of halogens is 2. The molecule has 0 spiro atoms. The molecule has 0 amide bonds. The highest BCUT2D eigenvalue weighted by molar-refractivity contribution is 6.31. The van der Waals surface area contributed by atoms with Crippen LogP contribution >= 0.6 is 11.6 Å². The van der Waals surface area contributed by atoms with Crippen LogP contribution in [-0.4, -0.2) is 9.55 Å². The molecule has 3 rings (SSSR count). The summed E-state index contributed by atoms with van der Waals surface area (Å²) in [6.45, 7) is 0. The first-order valence-electron chi connectivity index (χ1n) is 6.86. The summed E-state index contributed by atoms with van der Waals surface area (Å²) in [7, 11) is 1.89. The fourth-order valence-corrected chi connectivity index (χ4v) is 3.14. The van der Waals surface area contributed by atoms with Gasteiger partial charge in [-0.3, -0.25) is 0 Å². The van der Waals surface area contributed by atoms with Crippen LogP contribution in [0.4, 0.5) is 10.2 Å². The zero-order chi connectivity index (χ0) is 14.3. The third-order valence-electron chi connectivity index (χ3n) is 4.10. The number of rotatable bonds is 2. The van der Waals surface area contributed by atoms with Crippen LogP contribution < -0.4 is 5.73 Å². The molecule has 1 saturated carbocycles. The Kier molecular flexibility index (Phi) is 3.42. The molecule has 1 aliphatic rings. The van der Waals surface area contributed by atoms with Gasteiger partial charge in [0, 0.05) is 18.5 Å². The Morgan fingerprint density at radius 1 is 1.35 bits per heavy atom. The van der Waals surface area contributed by atoms with Gasteiger partial charge in [0.15, 0.2) is 5.82 Å². The molecule has 5 heteroatoms. The minimum Gasteiger partial charge on any atom is -0.383 e. The standard InChI is InChI=1S/C15H17ClFN3/c1-20-14(18)13(10-7-4-8-11(16)12(10)17)19-15(20)9-5-2-3-6-9/h4,7-9H,2-3,5-6,18H2,1H3. The van der Waals surface area contributed by atoms with Gasteiger partial charge in [0.1, 0.15) is 17.3 Å². The van der Waals surface area contributed by atoms with Crippen molar-refractivity contribution in [2.45, 2.75) is 31.6 Å². The van der Waals surface area contributed by atoms with Gasteiger partial charge in [-0.15, -0.1) is 0 Å². The summed E-state index contributed by atoms with van der Waals surface area (Å²) in [6, 6.07) is 4.90. The molecule has 1 heterocycles. The molecule has 106 valence electrons. The van der Waals surface area contributed by atoms with Crippen molar-refractivity contribution in [3.63, 3.8) is 0 Å². The molecule has 0 bridgehead atoms. The van der Waals surface area contributed by atoms with E-state index in [4.69, 9.17) is 17.3 Å². The van der Waals surface area contributed by atoms with Gasteiger partial charge < -0.3 is 10.3 Å². The second-order valence-corrected chi connectivity index (χ2v) is 5.75. The molecule has 0 unspecified atom stereocenters. The number of nitrogen functional groups attached to an aromatic ring is 1. The van der Waals surface area contributed by atoms with E-state index >= 15 is 0 Å². The molecule has 2 aromatic rings. The second-order valence-electron chi connectivity index (χ2n) is 5.35. The molecule has 0 saturated heterocycles. The maximum Gasteiger partial charge on any atom is 0.151 e. The van der Waals surface area contributed by atoms with Crippen molar-refractivity contribution in [3.05, 3.63) is 34.9 Å². The maximum atomic E-state index is 14.1. The number of hydrogen-bond donors (Lipinski definition) is 1. The van der Waals surface area contributed by atoms with Crippen LogP contribution in [0.25, 0.3) is 11.3 Å². The summed E-state index contributed by atoms with van der Waals surface area (Å²) in [6.07, 6.45) is 4.69. The van der Waals surface area contributed by atoms with Crippen molar-refractivity contribution in [3.8, 4) is 11.3 Å². The Morgan fingerprint density at radius 2 is 2.05 bits per heavy atom. The largest absolute Gasteiger partial charge is 0.383 e. The molecule has 3 nitrogen and oxygen atoms in total. The monoisotopic (exact) mass is 293 g/mol. The topological polar surface area (TPSA) is 43.8 Å². The van der Waals surface area contributed by atoms with E-state index in [1.807, 2.05) is 11.6 Å². The van der Waals surface area contributed by atoms with E-state index in [9.17, 15) is 4.39 Å². The Bertz CT molecular complexity index is 645. The third-order valence-corrected chi connectivity index (χ3v) is 4.39. The van der Waals surface area contributed by atoms with E-state index < -0.39 is 5.82 Å². The molecule has 1 aliphatic carbocycles. The number of benzene rings is 1. The first-order valence-corrected chi connectivity index (χ1v) is 7.24. The first kappa shape index (κ1) is 13.4. The Hall–Kier alpha value is -1.55. The Balaban J connectivity index is 2.10. The van der Waals surface area contributed by atoms with Gasteiger partial charge in [-0.1, -0.05) is 30.5 Å². The summed E-state index contributed by atoms with van der Waals surface area (Å²) in [5.74, 6) is 1.41. The Morgan fingerprint density at radius 3 is 2.75 bits per heavy atom. The highest BCUT2D eigenvalue weighted by Gasteiger charge is 2.25. The van der Waals surface area contributed by atoms with E-state index in [0.29, 0.717) is 23.0 Å². The Labute approximate surface area is 122 Å². The minimum absolute atomic E-state index is 0.0926. The van der Waals surface area contributed by atoms with Crippen LogP contribution in [0.5, 0.6) is 0 Å². The van der Waals surface area contributed by atoms with Gasteiger partial charge in [-0.2, -0.15) is 0 Å². The van der Waals surface area contributed by atoms with Crippen LogP contribution in [0.15, 0.2) is 18.2 Å². The molecule has 1 aromatic carbocycles. The van der Waals surface area contributed by atoms with Gasteiger partial charge in [-0.05, 0) is 25.0 Å². The molecule has 0 aliphatic heterocycles. The SMILES string of the molecule is Cn1c(C2CCCC2)nc(-c2cccc(Cl)c2F)c1N. The van der Waals surface area contributed by atoms with E-state index in [0.717, 1.165) is 18.7 Å². The second kappa shape index (κ2) is 5.09. The van der Waals surface area contributed by atoms with Crippen molar-refractivity contribution < 1.29 is 4.39 Å². The number of aromatic nitrogens is 2. The molecular weight excluding hydrogens is 277 g/mol. The normalized spacial score (nSPS) is 15.9. The molecule has 2 N–H and O–H groups in total. The van der Waals surface area contributed by atoms with Gasteiger partial charge in [0.05, 0.1) is 5.02 Å². The zero-order valence-electron chi connectivity index (χ0n) is 11.4. The minimum atomic E-state index is -0.461. The summed E-state index contributed by atoms with van der Waals surface area (Å²) in [4.78, 5) is 4.60. The van der Waals surface area contributed by atoms with Crippen LogP contribution in [-0.2, 0) is 7.05 Å². The smallest absolute Gasteiger partial charge is 0.151 e. The fraction of sp³-hybridized carbons (Fsp3) is 0.400. The third kappa shape index (κ3) is 2.08. The van der Waals surface area contributed by atoms with Gasteiger partial charge in [0.25, 0.3) is 0 Å². The number of nitrogens with two attached hydrogens (primary N) is 1. The van der Waals surface area contributed by atoms with Gasteiger partial charge >= 0.3 is 0 Å². The van der Waals surface area contributed by atoms with Crippen LogP contribution in [0.1, 0.15) is 37.4 Å². The van der Waals surface area contributed by atoms with E-state index in [2.05, 4.69) is 4.98 Å². The number of nitrogens with zero attached hydrogens (tertiary/aromatic N) is 2. The number of hydrogen-bond acceptors (Lipinski definition) is 2. The van der Waals surface area contributed by atoms with E-state index in [1.54, 1.807) is 12.1 Å². The molecular formula is C15H17ClFN3. The fourth-order valence-electron chi connectivity index (χ4n) is 2.96. The van der Waals surface area contributed by atoms with Crippen LogP contribution in [0.3, 0.4) is 0 Å². The average molecular weight is 294 g/mol. The van der Waals surface area contributed by atoms with Gasteiger partial charge in [0.2, 0.25) is 0 Å². The van der Waals surface area contributed by atoms with Crippen molar-refractivity contribution in [2.24, 2.45) is 7.05 Å². The lowest BCUT2D eigenvalue weighted by Crippen LogP contribution is -2.05. The summed E-state index contributed by atoms with van der Waals surface area (Å²) in [5, 5.41) is 0.0926. The van der Waals surface area contributed by atoms with Crippen LogP contribution in [0.2, 0.25) is 5.02 Å².